The van der Waals surface area contributed by atoms with Gasteiger partial charge in [0.25, 0.3) is 0 Å². The lowest BCUT2D eigenvalue weighted by atomic mass is 10.2. The van der Waals surface area contributed by atoms with Crippen molar-refractivity contribution in [3.05, 3.63) is 45.4 Å². The summed E-state index contributed by atoms with van der Waals surface area (Å²) in [4.78, 5) is 4.82. The lowest BCUT2D eigenvalue weighted by molar-refractivity contribution is 0.306. The molecule has 3 N–H and O–H groups in total. The Bertz CT molecular complexity index is 571. The molecular formula is C11H10ClN3O2S. The Labute approximate surface area is 112 Å². The van der Waals surface area contributed by atoms with Crippen LogP contribution in [0.2, 0.25) is 4.47 Å². The van der Waals surface area contributed by atoms with E-state index in [1.807, 2.05) is 6.07 Å². The molecule has 0 atom stereocenters. The summed E-state index contributed by atoms with van der Waals surface area (Å²) in [7, 11) is 0. The van der Waals surface area contributed by atoms with Crippen molar-refractivity contribution in [3.8, 4) is 5.75 Å². The van der Waals surface area contributed by atoms with Crippen molar-refractivity contribution in [2.75, 3.05) is 0 Å². The van der Waals surface area contributed by atoms with Crippen LogP contribution in [0.5, 0.6) is 5.75 Å². The summed E-state index contributed by atoms with van der Waals surface area (Å²) in [5.41, 5.74) is 6.09. The minimum Gasteiger partial charge on any atom is -0.487 e. The van der Waals surface area contributed by atoms with Crippen LogP contribution in [0, 0.1) is 0 Å². The quantitative estimate of drug-likeness (QED) is 0.391. The van der Waals surface area contributed by atoms with E-state index >= 15 is 0 Å². The number of ether oxygens (including phenoxy) is 1. The molecule has 0 radical (unpaired) electrons. The first-order valence-corrected chi connectivity index (χ1v) is 6.20. The number of benzene rings is 1. The van der Waals surface area contributed by atoms with Crippen LogP contribution in [-0.2, 0) is 6.61 Å². The molecule has 0 aliphatic heterocycles. The lowest BCUT2D eigenvalue weighted by Gasteiger charge is -2.09. The molecule has 5 nitrogen and oxygen atoms in total. The molecule has 0 spiro atoms. The minimum atomic E-state index is 0.00735. The van der Waals surface area contributed by atoms with Crippen molar-refractivity contribution in [2.45, 2.75) is 6.61 Å². The number of amidine groups is 1. The van der Waals surface area contributed by atoms with Crippen LogP contribution in [-0.4, -0.2) is 16.0 Å². The van der Waals surface area contributed by atoms with Gasteiger partial charge in [-0.15, -0.1) is 11.3 Å². The highest BCUT2D eigenvalue weighted by molar-refractivity contribution is 7.15. The Morgan fingerprint density at radius 1 is 1.50 bits per heavy atom. The Kier molecular flexibility index (Phi) is 4.01. The standard InChI is InChI=1S/C11H10ClN3O2S/c12-11-14-5-7(18-11)6-17-9-4-2-1-3-8(9)10(13)15-16/h1-5,16H,6H2,(H2,13,15). The van der Waals surface area contributed by atoms with E-state index in [1.165, 1.54) is 11.3 Å². The summed E-state index contributed by atoms with van der Waals surface area (Å²) in [6.07, 6.45) is 1.65. The molecule has 94 valence electrons. The number of nitrogens with two attached hydrogens (primary N) is 1. The highest BCUT2D eigenvalue weighted by atomic mass is 35.5. The second-order valence-electron chi connectivity index (χ2n) is 3.35. The summed E-state index contributed by atoms with van der Waals surface area (Å²) in [6.45, 7) is 0.333. The van der Waals surface area contributed by atoms with E-state index in [1.54, 1.807) is 24.4 Å². The summed E-state index contributed by atoms with van der Waals surface area (Å²) >= 11 is 7.07. The summed E-state index contributed by atoms with van der Waals surface area (Å²) in [5.74, 6) is 0.547. The summed E-state index contributed by atoms with van der Waals surface area (Å²) < 4.78 is 6.07. The summed E-state index contributed by atoms with van der Waals surface area (Å²) in [6, 6.07) is 7.05. The second-order valence-corrected chi connectivity index (χ2v) is 5.05. The molecule has 0 bridgehead atoms. The van der Waals surface area contributed by atoms with Gasteiger partial charge < -0.3 is 15.7 Å². The molecule has 0 fully saturated rings. The van der Waals surface area contributed by atoms with Crippen molar-refractivity contribution in [3.63, 3.8) is 0 Å². The zero-order chi connectivity index (χ0) is 13.0. The Morgan fingerprint density at radius 2 is 2.28 bits per heavy atom. The van der Waals surface area contributed by atoms with Crippen LogP contribution in [0.4, 0.5) is 0 Å². The molecule has 1 heterocycles. The zero-order valence-corrected chi connectivity index (χ0v) is 10.8. The SMILES string of the molecule is N/C(=N/O)c1ccccc1OCc1cnc(Cl)s1. The molecule has 2 rings (SSSR count). The first kappa shape index (κ1) is 12.7. The fourth-order valence-corrected chi connectivity index (χ4v) is 2.25. The average molecular weight is 284 g/mol. The minimum absolute atomic E-state index is 0.00735. The molecule has 2 aromatic rings. The van der Waals surface area contributed by atoms with Crippen molar-refractivity contribution in [2.24, 2.45) is 10.9 Å². The van der Waals surface area contributed by atoms with Crippen LogP contribution in [0.3, 0.4) is 0 Å². The smallest absolute Gasteiger partial charge is 0.183 e. The predicted molar refractivity (Wildman–Crippen MR) is 70.4 cm³/mol. The monoisotopic (exact) mass is 283 g/mol. The zero-order valence-electron chi connectivity index (χ0n) is 9.21. The first-order chi connectivity index (χ1) is 8.70. The maximum atomic E-state index is 8.68. The van der Waals surface area contributed by atoms with Gasteiger partial charge in [0.2, 0.25) is 0 Å². The summed E-state index contributed by atoms with van der Waals surface area (Å²) in [5, 5.41) is 11.6. The van der Waals surface area contributed by atoms with Gasteiger partial charge in [0, 0.05) is 6.20 Å². The second kappa shape index (κ2) is 5.70. The third kappa shape index (κ3) is 2.91. The molecule has 0 unspecified atom stereocenters. The van der Waals surface area contributed by atoms with Crippen molar-refractivity contribution in [1.29, 1.82) is 0 Å². The first-order valence-electron chi connectivity index (χ1n) is 5.00. The van der Waals surface area contributed by atoms with Crippen molar-refractivity contribution in [1.82, 2.24) is 4.98 Å². The molecule has 18 heavy (non-hydrogen) atoms. The van der Waals surface area contributed by atoms with E-state index in [9.17, 15) is 0 Å². The van der Waals surface area contributed by atoms with Gasteiger partial charge >= 0.3 is 0 Å². The Hall–Kier alpha value is -1.79. The van der Waals surface area contributed by atoms with E-state index in [2.05, 4.69) is 10.1 Å². The van der Waals surface area contributed by atoms with E-state index in [0.717, 1.165) is 4.88 Å². The van der Waals surface area contributed by atoms with E-state index in [0.29, 0.717) is 22.4 Å². The van der Waals surface area contributed by atoms with Crippen LogP contribution >= 0.6 is 22.9 Å². The molecule has 0 aliphatic carbocycles. The molecule has 1 aromatic heterocycles. The molecule has 0 amide bonds. The molecule has 0 saturated carbocycles. The lowest BCUT2D eigenvalue weighted by Crippen LogP contribution is -2.14. The van der Waals surface area contributed by atoms with Gasteiger partial charge in [-0.05, 0) is 12.1 Å². The third-order valence-corrected chi connectivity index (χ3v) is 3.25. The fourth-order valence-electron chi connectivity index (χ4n) is 1.36. The maximum Gasteiger partial charge on any atom is 0.183 e. The van der Waals surface area contributed by atoms with Crippen LogP contribution in [0.15, 0.2) is 35.6 Å². The van der Waals surface area contributed by atoms with Gasteiger partial charge in [0.1, 0.15) is 12.4 Å². The van der Waals surface area contributed by atoms with E-state index < -0.39 is 0 Å². The van der Waals surface area contributed by atoms with Gasteiger partial charge in [-0.3, -0.25) is 0 Å². The fraction of sp³-hybridized carbons (Fsp3) is 0.0909. The van der Waals surface area contributed by atoms with E-state index in [4.69, 9.17) is 27.3 Å². The number of halogens is 1. The van der Waals surface area contributed by atoms with Gasteiger partial charge in [-0.1, -0.05) is 28.9 Å². The molecular weight excluding hydrogens is 274 g/mol. The van der Waals surface area contributed by atoms with Gasteiger partial charge in [-0.2, -0.15) is 0 Å². The van der Waals surface area contributed by atoms with Crippen LogP contribution in [0.25, 0.3) is 0 Å². The van der Waals surface area contributed by atoms with Crippen molar-refractivity contribution < 1.29 is 9.94 Å². The number of para-hydroxylation sites is 1. The van der Waals surface area contributed by atoms with Gasteiger partial charge in [-0.25, -0.2) is 4.98 Å². The number of aromatic nitrogens is 1. The topological polar surface area (TPSA) is 80.7 Å². The van der Waals surface area contributed by atoms with Crippen LogP contribution < -0.4 is 10.5 Å². The number of hydrogen-bond acceptors (Lipinski definition) is 5. The number of thiazole rings is 1. The average Bonchev–Trinajstić information content (AvgIpc) is 2.81. The maximum absolute atomic E-state index is 8.68. The Balaban J connectivity index is 2.14. The number of rotatable bonds is 4. The highest BCUT2D eigenvalue weighted by Gasteiger charge is 2.08. The largest absolute Gasteiger partial charge is 0.487 e. The number of oxime groups is 1. The van der Waals surface area contributed by atoms with Gasteiger partial charge in [0.05, 0.1) is 10.4 Å². The molecule has 7 heteroatoms. The number of nitrogens with zero attached hydrogens (tertiary/aromatic N) is 2. The van der Waals surface area contributed by atoms with Crippen molar-refractivity contribution >= 4 is 28.8 Å². The predicted octanol–water partition coefficient (Wildman–Crippen LogP) is 2.47. The Morgan fingerprint density at radius 3 is 2.94 bits per heavy atom. The van der Waals surface area contributed by atoms with E-state index in [-0.39, 0.29) is 5.84 Å². The normalized spacial score (nSPS) is 11.5. The molecule has 1 aromatic carbocycles. The highest BCUT2D eigenvalue weighted by Crippen LogP contribution is 2.22. The molecule has 0 saturated heterocycles. The molecule has 0 aliphatic rings. The van der Waals surface area contributed by atoms with Gasteiger partial charge in [0.15, 0.2) is 10.3 Å². The number of hydrogen-bond donors (Lipinski definition) is 2. The third-order valence-electron chi connectivity index (χ3n) is 2.17. The van der Waals surface area contributed by atoms with Crippen LogP contribution in [0.1, 0.15) is 10.4 Å².